The number of nitrogens with zero attached hydrogens (tertiary/aromatic N) is 3. The van der Waals surface area contributed by atoms with Gasteiger partial charge in [0, 0.05) is 31.3 Å². The van der Waals surface area contributed by atoms with E-state index in [1.165, 1.54) is 10.5 Å². The first kappa shape index (κ1) is 20.1. The highest BCUT2D eigenvalue weighted by molar-refractivity contribution is 7.89. The summed E-state index contributed by atoms with van der Waals surface area (Å²) < 4.78 is 38.5. The number of aromatic nitrogens is 1. The maximum Gasteiger partial charge on any atom is 0.243 e. The molecule has 0 saturated carbocycles. The molecule has 1 unspecified atom stereocenters. The fraction of sp³-hybridized carbons (Fsp3) is 0.400. The van der Waals surface area contributed by atoms with Crippen molar-refractivity contribution in [3.05, 3.63) is 47.7 Å². The Morgan fingerprint density at radius 3 is 2.86 bits per heavy atom. The molecule has 0 radical (unpaired) electrons. The monoisotopic (exact) mass is 401 g/mol. The van der Waals surface area contributed by atoms with Crippen LogP contribution in [-0.2, 0) is 10.0 Å². The number of nitriles is 1. The Kier molecular flexibility index (Phi) is 6.17. The number of rotatable bonds is 6. The summed E-state index contributed by atoms with van der Waals surface area (Å²) in [7, 11) is -2.01. The van der Waals surface area contributed by atoms with Crippen LogP contribution in [0.2, 0.25) is 0 Å². The van der Waals surface area contributed by atoms with Crippen LogP contribution < -0.4 is 9.47 Å². The van der Waals surface area contributed by atoms with E-state index < -0.39 is 10.0 Å². The van der Waals surface area contributed by atoms with Gasteiger partial charge in [-0.3, -0.25) is 0 Å². The van der Waals surface area contributed by atoms with Crippen LogP contribution in [0.5, 0.6) is 11.6 Å². The van der Waals surface area contributed by atoms with Crippen LogP contribution in [0.25, 0.3) is 0 Å². The Labute approximate surface area is 165 Å². The molecule has 1 saturated heterocycles. The third kappa shape index (κ3) is 4.43. The van der Waals surface area contributed by atoms with E-state index in [1.54, 1.807) is 37.4 Å². The molecule has 7 nitrogen and oxygen atoms in total. The SMILES string of the molecule is COc1ccc(S(=O)(=O)N2CCCC(COc3cc(C#N)ccn3)C2)cc1C. The number of aryl methyl sites for hydroxylation is 1. The van der Waals surface area contributed by atoms with Gasteiger partial charge in [-0.05, 0) is 49.6 Å². The number of hydrogen-bond donors (Lipinski definition) is 0. The third-order valence-electron chi connectivity index (χ3n) is 4.82. The Bertz CT molecular complexity index is 985. The minimum atomic E-state index is -3.57. The zero-order valence-electron chi connectivity index (χ0n) is 16.0. The van der Waals surface area contributed by atoms with E-state index in [1.807, 2.05) is 13.0 Å². The van der Waals surface area contributed by atoms with Crippen molar-refractivity contribution in [2.45, 2.75) is 24.7 Å². The quantitative estimate of drug-likeness (QED) is 0.739. The van der Waals surface area contributed by atoms with Gasteiger partial charge in [0.15, 0.2) is 0 Å². The van der Waals surface area contributed by atoms with Crippen molar-refractivity contribution < 1.29 is 17.9 Å². The highest BCUT2D eigenvalue weighted by Gasteiger charge is 2.31. The van der Waals surface area contributed by atoms with Gasteiger partial charge in [-0.2, -0.15) is 9.57 Å². The Hall–Kier alpha value is -2.63. The predicted molar refractivity (Wildman–Crippen MR) is 104 cm³/mol. The lowest BCUT2D eigenvalue weighted by atomic mass is 10.0. The number of sulfonamides is 1. The van der Waals surface area contributed by atoms with Gasteiger partial charge < -0.3 is 9.47 Å². The first-order valence-electron chi connectivity index (χ1n) is 9.08. The summed E-state index contributed by atoms with van der Waals surface area (Å²) in [5, 5.41) is 8.95. The number of benzene rings is 1. The molecule has 28 heavy (non-hydrogen) atoms. The van der Waals surface area contributed by atoms with Crippen molar-refractivity contribution in [1.82, 2.24) is 9.29 Å². The summed E-state index contributed by atoms with van der Waals surface area (Å²) in [6.07, 6.45) is 3.18. The van der Waals surface area contributed by atoms with Gasteiger partial charge in [0.2, 0.25) is 15.9 Å². The van der Waals surface area contributed by atoms with Gasteiger partial charge >= 0.3 is 0 Å². The smallest absolute Gasteiger partial charge is 0.243 e. The predicted octanol–water partition coefficient (Wildman–Crippen LogP) is 2.75. The van der Waals surface area contributed by atoms with Crippen molar-refractivity contribution in [3.63, 3.8) is 0 Å². The summed E-state index contributed by atoms with van der Waals surface area (Å²) in [5.41, 5.74) is 1.26. The molecule has 0 bridgehead atoms. The van der Waals surface area contributed by atoms with E-state index in [0.29, 0.717) is 36.9 Å². The summed E-state index contributed by atoms with van der Waals surface area (Å²) >= 11 is 0. The first-order chi connectivity index (χ1) is 13.4. The number of methoxy groups -OCH3 is 1. The van der Waals surface area contributed by atoms with Crippen molar-refractivity contribution >= 4 is 10.0 Å². The van der Waals surface area contributed by atoms with Crippen molar-refractivity contribution in [2.24, 2.45) is 5.92 Å². The van der Waals surface area contributed by atoms with Crippen molar-refractivity contribution in [3.8, 4) is 17.7 Å². The van der Waals surface area contributed by atoms with Crippen LogP contribution in [0.3, 0.4) is 0 Å². The van der Waals surface area contributed by atoms with Gasteiger partial charge in [-0.1, -0.05) is 0 Å². The molecule has 2 heterocycles. The summed E-state index contributed by atoms with van der Waals surface area (Å²) in [6.45, 7) is 3.07. The van der Waals surface area contributed by atoms with Gasteiger partial charge in [-0.25, -0.2) is 13.4 Å². The van der Waals surface area contributed by atoms with Crippen LogP contribution in [0.4, 0.5) is 0 Å². The molecule has 2 aromatic rings. The molecule has 0 N–H and O–H groups in total. The molecule has 3 rings (SSSR count). The van der Waals surface area contributed by atoms with Crippen molar-refractivity contribution in [1.29, 1.82) is 5.26 Å². The molecule has 0 aliphatic carbocycles. The van der Waals surface area contributed by atoms with Gasteiger partial charge in [0.1, 0.15) is 5.75 Å². The molecule has 1 atom stereocenters. The summed E-state index contributed by atoms with van der Waals surface area (Å²) in [6, 6.07) is 10.1. The second-order valence-corrected chi connectivity index (χ2v) is 8.75. The lowest BCUT2D eigenvalue weighted by Crippen LogP contribution is -2.41. The highest BCUT2D eigenvalue weighted by atomic mass is 32.2. The lowest BCUT2D eigenvalue weighted by Gasteiger charge is -2.31. The van der Waals surface area contributed by atoms with Gasteiger partial charge in [0.05, 0.1) is 30.2 Å². The minimum absolute atomic E-state index is 0.0652. The highest BCUT2D eigenvalue weighted by Crippen LogP contribution is 2.27. The summed E-state index contributed by atoms with van der Waals surface area (Å²) in [5.74, 6) is 1.11. The molecule has 1 aromatic carbocycles. The Morgan fingerprint density at radius 2 is 2.14 bits per heavy atom. The average Bonchev–Trinajstić information content (AvgIpc) is 2.72. The molecular formula is C20H23N3O4S. The first-order valence-corrected chi connectivity index (χ1v) is 10.5. The van der Waals surface area contributed by atoms with Gasteiger partial charge in [-0.15, -0.1) is 0 Å². The fourth-order valence-electron chi connectivity index (χ4n) is 3.30. The van der Waals surface area contributed by atoms with Crippen LogP contribution in [0, 0.1) is 24.2 Å². The molecule has 1 fully saturated rings. The second kappa shape index (κ2) is 8.59. The third-order valence-corrected chi connectivity index (χ3v) is 6.68. The van der Waals surface area contributed by atoms with Crippen LogP contribution in [0.15, 0.2) is 41.4 Å². The lowest BCUT2D eigenvalue weighted by molar-refractivity contribution is 0.176. The van der Waals surface area contributed by atoms with E-state index >= 15 is 0 Å². The Balaban J connectivity index is 1.68. The van der Waals surface area contributed by atoms with Gasteiger partial charge in [0.25, 0.3) is 0 Å². The molecule has 1 aliphatic heterocycles. The van der Waals surface area contributed by atoms with Crippen LogP contribution >= 0.6 is 0 Å². The van der Waals surface area contributed by atoms with E-state index in [4.69, 9.17) is 14.7 Å². The average molecular weight is 401 g/mol. The van der Waals surface area contributed by atoms with Crippen LogP contribution in [-0.4, -0.2) is 44.5 Å². The molecule has 1 aliphatic rings. The maximum absolute atomic E-state index is 13.0. The molecule has 0 amide bonds. The number of pyridine rings is 1. The largest absolute Gasteiger partial charge is 0.496 e. The van der Waals surface area contributed by atoms with Crippen LogP contribution in [0.1, 0.15) is 24.0 Å². The number of ether oxygens (including phenoxy) is 2. The zero-order valence-corrected chi connectivity index (χ0v) is 16.8. The molecule has 0 spiro atoms. The van der Waals surface area contributed by atoms with E-state index in [9.17, 15) is 8.42 Å². The topological polar surface area (TPSA) is 92.5 Å². The molecule has 8 heteroatoms. The molecular weight excluding hydrogens is 378 g/mol. The Morgan fingerprint density at radius 1 is 1.32 bits per heavy atom. The van der Waals surface area contributed by atoms with E-state index in [2.05, 4.69) is 4.98 Å². The van der Waals surface area contributed by atoms with E-state index in [0.717, 1.165) is 18.4 Å². The molecule has 1 aromatic heterocycles. The molecule has 148 valence electrons. The maximum atomic E-state index is 13.0. The number of piperidine rings is 1. The summed E-state index contributed by atoms with van der Waals surface area (Å²) in [4.78, 5) is 4.37. The van der Waals surface area contributed by atoms with Crippen molar-refractivity contribution in [2.75, 3.05) is 26.8 Å². The van der Waals surface area contributed by atoms with E-state index in [-0.39, 0.29) is 10.8 Å². The fourth-order valence-corrected chi connectivity index (χ4v) is 4.94. The normalized spacial score (nSPS) is 17.7. The standard InChI is InChI=1S/C20H23N3O4S/c1-15-10-18(5-6-19(15)26-2)28(24,25)23-9-3-4-17(13-23)14-27-20-11-16(12-21)7-8-22-20/h5-8,10-11,17H,3-4,9,13-14H2,1-2H3. The zero-order chi connectivity index (χ0) is 20.1. The number of hydrogen-bond acceptors (Lipinski definition) is 6. The minimum Gasteiger partial charge on any atom is -0.496 e. The second-order valence-electron chi connectivity index (χ2n) is 6.81.